The molecule has 0 aliphatic carbocycles. The van der Waals surface area contributed by atoms with Crippen molar-refractivity contribution in [2.75, 3.05) is 6.61 Å². The standard InChI is InChI=1S/C13H14O2/c1-3-5-13(14)11-6-8-12(9-7-11)15-10-4-2/h3-4,6-9H,1-2,5,10H2. The summed E-state index contributed by atoms with van der Waals surface area (Å²) in [6, 6.07) is 7.06. The zero-order valence-electron chi connectivity index (χ0n) is 8.61. The van der Waals surface area contributed by atoms with Gasteiger partial charge in [-0.25, -0.2) is 0 Å². The summed E-state index contributed by atoms with van der Waals surface area (Å²) in [4.78, 5) is 11.4. The van der Waals surface area contributed by atoms with E-state index in [0.717, 1.165) is 5.75 Å². The molecule has 1 aromatic carbocycles. The maximum Gasteiger partial charge on any atom is 0.166 e. The number of ketones is 1. The van der Waals surface area contributed by atoms with E-state index in [1.807, 2.05) is 0 Å². The normalized spacial score (nSPS) is 9.33. The smallest absolute Gasteiger partial charge is 0.166 e. The molecule has 0 bridgehead atoms. The summed E-state index contributed by atoms with van der Waals surface area (Å²) < 4.78 is 5.30. The molecule has 2 heteroatoms. The third-order valence-corrected chi connectivity index (χ3v) is 1.87. The van der Waals surface area contributed by atoms with Gasteiger partial charge in [0.1, 0.15) is 12.4 Å². The highest BCUT2D eigenvalue weighted by Gasteiger charge is 2.02. The quantitative estimate of drug-likeness (QED) is 0.523. The maximum atomic E-state index is 11.4. The molecule has 0 saturated heterocycles. The molecule has 0 N–H and O–H groups in total. The van der Waals surface area contributed by atoms with Crippen LogP contribution in [0, 0.1) is 0 Å². The molecule has 15 heavy (non-hydrogen) atoms. The van der Waals surface area contributed by atoms with Crippen molar-refractivity contribution in [1.29, 1.82) is 0 Å². The molecule has 2 nitrogen and oxygen atoms in total. The second-order valence-electron chi connectivity index (χ2n) is 3.04. The first kappa shape index (κ1) is 11.2. The molecule has 1 rings (SSSR count). The highest BCUT2D eigenvalue weighted by molar-refractivity contribution is 5.96. The van der Waals surface area contributed by atoms with Crippen LogP contribution in [0.1, 0.15) is 16.8 Å². The number of Topliss-reactive ketones (excluding diaryl/α,β-unsaturated/α-hetero) is 1. The van der Waals surface area contributed by atoms with Crippen LogP contribution in [0.5, 0.6) is 5.75 Å². The Morgan fingerprint density at radius 2 is 1.87 bits per heavy atom. The Hall–Kier alpha value is -1.83. The molecule has 0 amide bonds. The van der Waals surface area contributed by atoms with Crippen LogP contribution in [-0.2, 0) is 0 Å². The van der Waals surface area contributed by atoms with E-state index in [1.165, 1.54) is 0 Å². The van der Waals surface area contributed by atoms with Gasteiger partial charge in [0.05, 0.1) is 0 Å². The van der Waals surface area contributed by atoms with Crippen LogP contribution >= 0.6 is 0 Å². The number of carbonyl (C=O) groups is 1. The van der Waals surface area contributed by atoms with Crippen molar-refractivity contribution >= 4 is 5.78 Å². The van der Waals surface area contributed by atoms with Gasteiger partial charge >= 0.3 is 0 Å². The minimum Gasteiger partial charge on any atom is -0.490 e. The molecule has 78 valence electrons. The molecule has 0 unspecified atom stereocenters. The Labute approximate surface area is 89.9 Å². The lowest BCUT2D eigenvalue weighted by Crippen LogP contribution is -1.97. The monoisotopic (exact) mass is 202 g/mol. The number of ether oxygens (including phenoxy) is 1. The van der Waals surface area contributed by atoms with Crippen molar-refractivity contribution in [3.8, 4) is 5.75 Å². The summed E-state index contributed by atoms with van der Waals surface area (Å²) in [6.45, 7) is 7.56. The number of hydrogen-bond acceptors (Lipinski definition) is 2. The van der Waals surface area contributed by atoms with Crippen molar-refractivity contribution < 1.29 is 9.53 Å². The summed E-state index contributed by atoms with van der Waals surface area (Å²) in [5, 5.41) is 0. The number of hydrogen-bond donors (Lipinski definition) is 0. The molecular formula is C13H14O2. The van der Waals surface area contributed by atoms with Crippen molar-refractivity contribution in [3.05, 3.63) is 55.1 Å². The molecule has 0 radical (unpaired) electrons. The lowest BCUT2D eigenvalue weighted by molar-refractivity contribution is 0.0996. The second-order valence-corrected chi connectivity index (χ2v) is 3.04. The fourth-order valence-corrected chi connectivity index (χ4v) is 1.14. The van der Waals surface area contributed by atoms with E-state index in [0.29, 0.717) is 18.6 Å². The Kier molecular flexibility index (Phi) is 4.35. The zero-order chi connectivity index (χ0) is 11.1. The number of carbonyl (C=O) groups excluding carboxylic acids is 1. The number of allylic oxidation sites excluding steroid dienone is 1. The summed E-state index contributed by atoms with van der Waals surface area (Å²) in [5.41, 5.74) is 0.681. The van der Waals surface area contributed by atoms with Gasteiger partial charge in [0.25, 0.3) is 0 Å². The van der Waals surface area contributed by atoms with E-state index < -0.39 is 0 Å². The highest BCUT2D eigenvalue weighted by Crippen LogP contribution is 2.13. The third kappa shape index (κ3) is 3.43. The first-order valence-corrected chi connectivity index (χ1v) is 4.75. The van der Waals surface area contributed by atoms with Crippen molar-refractivity contribution in [1.82, 2.24) is 0 Å². The van der Waals surface area contributed by atoms with Crippen LogP contribution in [0.2, 0.25) is 0 Å². The molecule has 1 aromatic rings. The average molecular weight is 202 g/mol. The predicted octanol–water partition coefficient (Wildman–Crippen LogP) is 3.01. The van der Waals surface area contributed by atoms with Crippen LogP contribution in [0.25, 0.3) is 0 Å². The van der Waals surface area contributed by atoms with Crippen molar-refractivity contribution in [2.45, 2.75) is 6.42 Å². The summed E-state index contributed by atoms with van der Waals surface area (Å²) in [6.07, 6.45) is 3.65. The van der Waals surface area contributed by atoms with Crippen LogP contribution in [0.15, 0.2) is 49.6 Å². The topological polar surface area (TPSA) is 26.3 Å². The third-order valence-electron chi connectivity index (χ3n) is 1.87. The highest BCUT2D eigenvalue weighted by atomic mass is 16.5. The Morgan fingerprint density at radius 3 is 2.40 bits per heavy atom. The summed E-state index contributed by atoms with van der Waals surface area (Å²) in [7, 11) is 0. The summed E-state index contributed by atoms with van der Waals surface area (Å²) >= 11 is 0. The SMILES string of the molecule is C=CCOc1ccc(C(=O)CC=C)cc1. The van der Waals surface area contributed by atoms with Crippen molar-refractivity contribution in [3.63, 3.8) is 0 Å². The van der Waals surface area contributed by atoms with Crippen molar-refractivity contribution in [2.24, 2.45) is 0 Å². The molecule has 0 saturated carbocycles. The first-order valence-electron chi connectivity index (χ1n) is 4.75. The fourth-order valence-electron chi connectivity index (χ4n) is 1.14. The fraction of sp³-hybridized carbons (Fsp3) is 0.154. The number of rotatable bonds is 6. The van der Waals surface area contributed by atoms with Gasteiger partial charge in [0.15, 0.2) is 5.78 Å². The van der Waals surface area contributed by atoms with Gasteiger partial charge in [0, 0.05) is 12.0 Å². The van der Waals surface area contributed by atoms with E-state index in [-0.39, 0.29) is 5.78 Å². The molecule has 0 spiro atoms. The second kappa shape index (κ2) is 5.81. The van der Waals surface area contributed by atoms with Gasteiger partial charge in [-0.1, -0.05) is 18.7 Å². The molecule has 0 atom stereocenters. The van der Waals surface area contributed by atoms with Gasteiger partial charge in [-0.2, -0.15) is 0 Å². The Morgan fingerprint density at radius 1 is 1.20 bits per heavy atom. The molecule has 0 fully saturated rings. The van der Waals surface area contributed by atoms with E-state index in [9.17, 15) is 4.79 Å². The lowest BCUT2D eigenvalue weighted by atomic mass is 10.1. The van der Waals surface area contributed by atoms with Crippen LogP contribution in [-0.4, -0.2) is 12.4 Å². The van der Waals surface area contributed by atoms with E-state index in [2.05, 4.69) is 13.2 Å². The Bertz CT molecular complexity index is 349. The molecule has 0 aliphatic heterocycles. The van der Waals surface area contributed by atoms with Crippen LogP contribution in [0.4, 0.5) is 0 Å². The molecule has 0 heterocycles. The number of benzene rings is 1. The largest absolute Gasteiger partial charge is 0.490 e. The first-order chi connectivity index (χ1) is 7.27. The lowest BCUT2D eigenvalue weighted by Gasteiger charge is -2.03. The zero-order valence-corrected chi connectivity index (χ0v) is 8.61. The minimum absolute atomic E-state index is 0.0697. The minimum atomic E-state index is 0.0697. The van der Waals surface area contributed by atoms with Crippen LogP contribution in [0.3, 0.4) is 0 Å². The van der Waals surface area contributed by atoms with Gasteiger partial charge in [-0.15, -0.1) is 6.58 Å². The van der Waals surface area contributed by atoms with E-state index >= 15 is 0 Å². The predicted molar refractivity (Wildman–Crippen MR) is 61.3 cm³/mol. The van der Waals surface area contributed by atoms with Gasteiger partial charge in [-0.05, 0) is 24.3 Å². The molecule has 0 aromatic heterocycles. The van der Waals surface area contributed by atoms with Crippen LogP contribution < -0.4 is 4.74 Å². The molecular weight excluding hydrogens is 188 g/mol. The van der Waals surface area contributed by atoms with Gasteiger partial charge in [-0.3, -0.25) is 4.79 Å². The van der Waals surface area contributed by atoms with E-state index in [4.69, 9.17) is 4.74 Å². The average Bonchev–Trinajstić information content (AvgIpc) is 2.27. The molecule has 0 aliphatic rings. The summed E-state index contributed by atoms with van der Waals surface area (Å²) in [5.74, 6) is 0.810. The maximum absolute atomic E-state index is 11.4. The van der Waals surface area contributed by atoms with Gasteiger partial charge < -0.3 is 4.74 Å². The Balaban J connectivity index is 2.67. The van der Waals surface area contributed by atoms with Gasteiger partial charge in [0.2, 0.25) is 0 Å². The van der Waals surface area contributed by atoms with E-state index in [1.54, 1.807) is 36.4 Å².